The molecular formula is C18H21NOS. The molecule has 110 valence electrons. The molecule has 2 nitrogen and oxygen atoms in total. The molecule has 0 saturated heterocycles. The summed E-state index contributed by atoms with van der Waals surface area (Å²) < 4.78 is 0. The highest BCUT2D eigenvalue weighted by atomic mass is 32.2. The lowest BCUT2D eigenvalue weighted by atomic mass is 10.1. The van der Waals surface area contributed by atoms with Gasteiger partial charge in [0.15, 0.2) is 0 Å². The van der Waals surface area contributed by atoms with Crippen molar-refractivity contribution in [3.05, 3.63) is 65.7 Å². The second kappa shape index (κ2) is 7.89. The smallest absolute Gasteiger partial charge is 0.237 e. The summed E-state index contributed by atoms with van der Waals surface area (Å²) in [5.41, 5.74) is 3.35. The number of thioether (sulfide) groups is 1. The highest BCUT2D eigenvalue weighted by molar-refractivity contribution is 7.99. The molecule has 21 heavy (non-hydrogen) atoms. The van der Waals surface area contributed by atoms with Crippen molar-refractivity contribution in [1.29, 1.82) is 0 Å². The van der Waals surface area contributed by atoms with E-state index in [1.165, 1.54) is 11.1 Å². The molecule has 0 heterocycles. The van der Waals surface area contributed by atoms with Crippen molar-refractivity contribution in [2.45, 2.75) is 31.3 Å². The Kier molecular flexibility index (Phi) is 5.88. The summed E-state index contributed by atoms with van der Waals surface area (Å²) in [5, 5.41) is 2.96. The number of hydrogen-bond acceptors (Lipinski definition) is 2. The normalized spacial score (nSPS) is 11.9. The summed E-state index contributed by atoms with van der Waals surface area (Å²) in [5.74, 6) is 0.919. The molecular weight excluding hydrogens is 278 g/mol. The third-order valence-corrected chi connectivity index (χ3v) is 4.58. The van der Waals surface area contributed by atoms with E-state index in [0.717, 1.165) is 17.9 Å². The van der Waals surface area contributed by atoms with E-state index in [4.69, 9.17) is 0 Å². The Morgan fingerprint density at radius 2 is 1.76 bits per heavy atom. The van der Waals surface area contributed by atoms with Gasteiger partial charge < -0.3 is 5.32 Å². The average Bonchev–Trinajstić information content (AvgIpc) is 2.54. The predicted molar refractivity (Wildman–Crippen MR) is 91.6 cm³/mol. The standard InChI is InChI=1S/C18H21NOS/c1-3-16-11-7-8-12-17(16)19-18(20)14(2)21-13-15-9-5-4-6-10-15/h4-12,14H,3,13H2,1-2H3,(H,19,20)/t14-/m1/s1. The summed E-state index contributed by atoms with van der Waals surface area (Å²) >= 11 is 1.66. The quantitative estimate of drug-likeness (QED) is 0.850. The van der Waals surface area contributed by atoms with Crippen LogP contribution in [-0.2, 0) is 17.0 Å². The Hall–Kier alpha value is -1.74. The van der Waals surface area contributed by atoms with Crippen LogP contribution in [0.3, 0.4) is 0 Å². The number of amides is 1. The Balaban J connectivity index is 1.90. The minimum atomic E-state index is -0.0740. The van der Waals surface area contributed by atoms with Crippen LogP contribution in [0.5, 0.6) is 0 Å². The molecule has 0 fully saturated rings. The summed E-state index contributed by atoms with van der Waals surface area (Å²) in [6.45, 7) is 4.05. The van der Waals surface area contributed by atoms with Crippen molar-refractivity contribution in [3.63, 3.8) is 0 Å². The molecule has 1 N–H and O–H groups in total. The molecule has 0 aliphatic heterocycles. The number of benzene rings is 2. The fraction of sp³-hybridized carbons (Fsp3) is 0.278. The number of hydrogen-bond donors (Lipinski definition) is 1. The molecule has 2 aromatic rings. The number of carbonyl (C=O) groups excluding carboxylic acids is 1. The third-order valence-electron chi connectivity index (χ3n) is 3.37. The van der Waals surface area contributed by atoms with Crippen LogP contribution in [0.1, 0.15) is 25.0 Å². The maximum Gasteiger partial charge on any atom is 0.237 e. The second-order valence-electron chi connectivity index (χ2n) is 4.94. The Labute approximate surface area is 131 Å². The lowest BCUT2D eigenvalue weighted by Gasteiger charge is -2.14. The van der Waals surface area contributed by atoms with Gasteiger partial charge in [0.1, 0.15) is 0 Å². The van der Waals surface area contributed by atoms with Gasteiger partial charge in [-0.05, 0) is 30.5 Å². The molecule has 1 atom stereocenters. The molecule has 0 spiro atoms. The zero-order valence-electron chi connectivity index (χ0n) is 12.5. The van der Waals surface area contributed by atoms with Crippen LogP contribution in [0.15, 0.2) is 54.6 Å². The van der Waals surface area contributed by atoms with Crippen LogP contribution in [0.2, 0.25) is 0 Å². The van der Waals surface area contributed by atoms with E-state index in [1.54, 1.807) is 11.8 Å². The number of anilines is 1. The van der Waals surface area contributed by atoms with Crippen molar-refractivity contribution in [2.75, 3.05) is 5.32 Å². The van der Waals surface area contributed by atoms with Crippen LogP contribution in [0.4, 0.5) is 5.69 Å². The number of aryl methyl sites for hydroxylation is 1. The van der Waals surface area contributed by atoms with E-state index in [1.807, 2.05) is 43.3 Å². The Bertz CT molecular complexity index is 583. The van der Waals surface area contributed by atoms with Crippen LogP contribution in [0.25, 0.3) is 0 Å². The number of rotatable bonds is 6. The van der Waals surface area contributed by atoms with Crippen molar-refractivity contribution >= 4 is 23.4 Å². The first-order valence-electron chi connectivity index (χ1n) is 7.25. The molecule has 2 rings (SSSR count). The summed E-state index contributed by atoms with van der Waals surface area (Å²) in [6.07, 6.45) is 0.919. The monoisotopic (exact) mass is 299 g/mol. The van der Waals surface area contributed by atoms with Gasteiger partial charge >= 0.3 is 0 Å². The third kappa shape index (κ3) is 4.64. The number of para-hydroxylation sites is 1. The topological polar surface area (TPSA) is 29.1 Å². The van der Waals surface area contributed by atoms with E-state index < -0.39 is 0 Å². The molecule has 0 radical (unpaired) electrons. The highest BCUT2D eigenvalue weighted by Gasteiger charge is 2.14. The molecule has 2 aromatic carbocycles. The molecule has 0 aliphatic carbocycles. The summed E-state index contributed by atoms with van der Waals surface area (Å²) in [7, 11) is 0. The minimum Gasteiger partial charge on any atom is -0.325 e. The van der Waals surface area contributed by atoms with Crippen LogP contribution in [-0.4, -0.2) is 11.2 Å². The van der Waals surface area contributed by atoms with Crippen molar-refractivity contribution in [2.24, 2.45) is 0 Å². The zero-order chi connectivity index (χ0) is 15.1. The molecule has 0 aromatic heterocycles. The van der Waals surface area contributed by atoms with E-state index in [9.17, 15) is 4.79 Å². The van der Waals surface area contributed by atoms with Gasteiger partial charge in [-0.25, -0.2) is 0 Å². The first-order chi connectivity index (χ1) is 10.2. The first-order valence-corrected chi connectivity index (χ1v) is 8.30. The van der Waals surface area contributed by atoms with Crippen LogP contribution < -0.4 is 5.32 Å². The highest BCUT2D eigenvalue weighted by Crippen LogP contribution is 2.21. The van der Waals surface area contributed by atoms with Gasteiger partial charge in [0.05, 0.1) is 5.25 Å². The largest absolute Gasteiger partial charge is 0.325 e. The average molecular weight is 299 g/mol. The molecule has 0 unspecified atom stereocenters. The van der Waals surface area contributed by atoms with E-state index in [0.29, 0.717) is 0 Å². The van der Waals surface area contributed by atoms with Gasteiger partial charge in [0, 0.05) is 11.4 Å². The number of carbonyl (C=O) groups is 1. The Morgan fingerprint density at radius 1 is 1.10 bits per heavy atom. The minimum absolute atomic E-state index is 0.0665. The maximum absolute atomic E-state index is 12.3. The van der Waals surface area contributed by atoms with E-state index in [2.05, 4.69) is 30.4 Å². The molecule has 0 bridgehead atoms. The predicted octanol–water partition coefficient (Wildman–Crippen LogP) is 4.51. The first kappa shape index (κ1) is 15.6. The molecule has 1 amide bonds. The number of nitrogens with one attached hydrogen (secondary N) is 1. The lowest BCUT2D eigenvalue weighted by Crippen LogP contribution is -2.23. The zero-order valence-corrected chi connectivity index (χ0v) is 13.3. The maximum atomic E-state index is 12.3. The molecule has 0 aliphatic rings. The van der Waals surface area contributed by atoms with Crippen molar-refractivity contribution < 1.29 is 4.79 Å². The molecule has 3 heteroatoms. The Morgan fingerprint density at radius 3 is 2.48 bits per heavy atom. The second-order valence-corrected chi connectivity index (χ2v) is 6.27. The molecule has 0 saturated carbocycles. The van der Waals surface area contributed by atoms with E-state index >= 15 is 0 Å². The van der Waals surface area contributed by atoms with Gasteiger partial charge in [-0.15, -0.1) is 11.8 Å². The fourth-order valence-corrected chi connectivity index (χ4v) is 2.90. The van der Waals surface area contributed by atoms with Gasteiger partial charge in [-0.2, -0.15) is 0 Å². The van der Waals surface area contributed by atoms with Gasteiger partial charge in [-0.1, -0.05) is 55.5 Å². The fourth-order valence-electron chi connectivity index (χ4n) is 2.06. The van der Waals surface area contributed by atoms with E-state index in [-0.39, 0.29) is 11.2 Å². The van der Waals surface area contributed by atoms with Crippen molar-refractivity contribution in [1.82, 2.24) is 0 Å². The van der Waals surface area contributed by atoms with Crippen LogP contribution >= 0.6 is 11.8 Å². The summed E-state index contributed by atoms with van der Waals surface area (Å²) in [6, 6.07) is 18.2. The van der Waals surface area contributed by atoms with Gasteiger partial charge in [-0.3, -0.25) is 4.79 Å². The van der Waals surface area contributed by atoms with Crippen LogP contribution in [0, 0.1) is 0 Å². The van der Waals surface area contributed by atoms with Gasteiger partial charge in [0.25, 0.3) is 0 Å². The summed E-state index contributed by atoms with van der Waals surface area (Å²) in [4.78, 5) is 12.3. The lowest BCUT2D eigenvalue weighted by molar-refractivity contribution is -0.115. The SMILES string of the molecule is CCc1ccccc1NC(=O)[C@@H](C)SCc1ccccc1. The van der Waals surface area contributed by atoms with Crippen molar-refractivity contribution in [3.8, 4) is 0 Å². The van der Waals surface area contributed by atoms with Gasteiger partial charge in [0.2, 0.25) is 5.91 Å².